The maximum atomic E-state index is 11.9. The fraction of sp³-hybridized carbons (Fsp3) is 0. The Hall–Kier alpha value is -3.15. The second-order valence-corrected chi connectivity index (χ2v) is 4.09. The van der Waals surface area contributed by atoms with Crippen LogP contribution in [0.3, 0.4) is 0 Å². The summed E-state index contributed by atoms with van der Waals surface area (Å²) in [6, 6.07) is 15.6. The van der Waals surface area contributed by atoms with E-state index in [2.05, 4.69) is 10.2 Å². The Balaban J connectivity index is 2.01. The molecular weight excluding hydrogens is 268 g/mol. The van der Waals surface area contributed by atoms with Crippen LogP contribution < -0.4 is 16.2 Å². The van der Waals surface area contributed by atoms with Crippen LogP contribution >= 0.6 is 0 Å². The number of guanidine groups is 1. The molecule has 0 atom stereocenters. The maximum Gasteiger partial charge on any atom is 0.343 e. The van der Waals surface area contributed by atoms with Gasteiger partial charge in [0.1, 0.15) is 5.75 Å². The number of hydrogen-bond donors (Lipinski definition) is 2. The average Bonchev–Trinajstić information content (AvgIpc) is 2.49. The Morgan fingerprint density at radius 3 is 2.29 bits per heavy atom. The molecule has 0 heterocycles. The van der Waals surface area contributed by atoms with Crippen LogP contribution in [0.25, 0.3) is 0 Å². The Kier molecular flexibility index (Phi) is 4.66. The predicted molar refractivity (Wildman–Crippen MR) is 81.2 cm³/mol. The molecule has 0 bridgehead atoms. The number of ether oxygens (including phenoxy) is 1. The molecular formula is C15H14N4O2. The van der Waals surface area contributed by atoms with Crippen molar-refractivity contribution in [3.63, 3.8) is 0 Å². The van der Waals surface area contributed by atoms with Crippen molar-refractivity contribution in [1.82, 2.24) is 0 Å². The molecule has 0 aromatic heterocycles. The van der Waals surface area contributed by atoms with Gasteiger partial charge >= 0.3 is 5.97 Å². The minimum Gasteiger partial charge on any atom is -0.423 e. The molecule has 0 spiro atoms. The molecule has 6 nitrogen and oxygen atoms in total. The van der Waals surface area contributed by atoms with Gasteiger partial charge in [-0.2, -0.15) is 5.10 Å². The van der Waals surface area contributed by atoms with Gasteiger partial charge in [0.05, 0.1) is 11.8 Å². The number of carbonyl (C=O) groups excluding carboxylic acids is 1. The van der Waals surface area contributed by atoms with E-state index >= 15 is 0 Å². The van der Waals surface area contributed by atoms with Crippen molar-refractivity contribution in [2.75, 3.05) is 0 Å². The highest BCUT2D eigenvalue weighted by Gasteiger charge is 2.07. The Morgan fingerprint density at radius 2 is 1.67 bits per heavy atom. The quantitative estimate of drug-likeness (QED) is 0.291. The summed E-state index contributed by atoms with van der Waals surface area (Å²) in [6.45, 7) is 0. The van der Waals surface area contributed by atoms with Crippen molar-refractivity contribution < 1.29 is 9.53 Å². The van der Waals surface area contributed by atoms with Crippen molar-refractivity contribution >= 4 is 18.1 Å². The summed E-state index contributed by atoms with van der Waals surface area (Å²) in [4.78, 5) is 11.9. The highest BCUT2D eigenvalue weighted by molar-refractivity contribution is 5.91. The summed E-state index contributed by atoms with van der Waals surface area (Å²) < 4.78 is 5.25. The van der Waals surface area contributed by atoms with Gasteiger partial charge in [-0.1, -0.05) is 18.2 Å². The maximum absolute atomic E-state index is 11.9. The summed E-state index contributed by atoms with van der Waals surface area (Å²) in [5, 5.41) is 7.17. The molecule has 0 saturated heterocycles. The van der Waals surface area contributed by atoms with Crippen molar-refractivity contribution in [2.45, 2.75) is 0 Å². The summed E-state index contributed by atoms with van der Waals surface area (Å²) in [5.41, 5.74) is 11.6. The van der Waals surface area contributed by atoms with Gasteiger partial charge in [0.25, 0.3) is 0 Å². The second-order valence-electron chi connectivity index (χ2n) is 4.09. The topological polar surface area (TPSA) is 103 Å². The largest absolute Gasteiger partial charge is 0.423 e. The highest BCUT2D eigenvalue weighted by atomic mass is 16.5. The molecule has 6 heteroatoms. The van der Waals surface area contributed by atoms with E-state index in [0.717, 1.165) is 5.56 Å². The lowest BCUT2D eigenvalue weighted by Crippen LogP contribution is -2.21. The van der Waals surface area contributed by atoms with E-state index in [4.69, 9.17) is 16.2 Å². The number of rotatable bonds is 4. The van der Waals surface area contributed by atoms with Crippen molar-refractivity contribution in [2.24, 2.45) is 21.7 Å². The molecule has 21 heavy (non-hydrogen) atoms. The number of hydrogen-bond acceptors (Lipinski definition) is 4. The fourth-order valence-corrected chi connectivity index (χ4v) is 1.52. The molecule has 0 radical (unpaired) electrons. The number of nitrogens with zero attached hydrogens (tertiary/aromatic N) is 2. The lowest BCUT2D eigenvalue weighted by atomic mass is 10.2. The van der Waals surface area contributed by atoms with Gasteiger partial charge in [0.2, 0.25) is 5.96 Å². The average molecular weight is 282 g/mol. The van der Waals surface area contributed by atoms with Crippen molar-refractivity contribution in [1.29, 1.82) is 0 Å². The van der Waals surface area contributed by atoms with Crippen molar-refractivity contribution in [3.8, 4) is 5.75 Å². The number of nitrogens with two attached hydrogens (primary N) is 2. The second kappa shape index (κ2) is 6.85. The zero-order chi connectivity index (χ0) is 15.1. The molecule has 4 N–H and O–H groups in total. The van der Waals surface area contributed by atoms with Crippen molar-refractivity contribution in [3.05, 3.63) is 65.7 Å². The lowest BCUT2D eigenvalue weighted by molar-refractivity contribution is 0.0735. The molecule has 0 aliphatic carbocycles. The van der Waals surface area contributed by atoms with Gasteiger partial charge in [-0.3, -0.25) is 0 Å². The Bertz CT molecular complexity index is 660. The van der Waals surface area contributed by atoms with E-state index < -0.39 is 5.97 Å². The van der Waals surface area contributed by atoms with Crippen LogP contribution in [0, 0.1) is 0 Å². The van der Waals surface area contributed by atoms with Gasteiger partial charge in [-0.25, -0.2) is 4.79 Å². The van der Waals surface area contributed by atoms with E-state index in [1.807, 2.05) is 6.07 Å². The molecule has 2 rings (SSSR count). The van der Waals surface area contributed by atoms with Gasteiger partial charge in [-0.05, 0) is 42.0 Å². The predicted octanol–water partition coefficient (Wildman–Crippen LogP) is 1.51. The summed E-state index contributed by atoms with van der Waals surface area (Å²) in [6.07, 6.45) is 1.49. The number of carbonyl (C=O) groups is 1. The van der Waals surface area contributed by atoms with Gasteiger partial charge in [0.15, 0.2) is 0 Å². The van der Waals surface area contributed by atoms with Crippen LogP contribution in [0.1, 0.15) is 15.9 Å². The molecule has 106 valence electrons. The molecule has 0 unspecified atom stereocenters. The van der Waals surface area contributed by atoms with E-state index in [1.54, 1.807) is 48.5 Å². The molecule has 0 saturated carbocycles. The summed E-state index contributed by atoms with van der Waals surface area (Å²) >= 11 is 0. The summed E-state index contributed by atoms with van der Waals surface area (Å²) in [5.74, 6) is -0.0694. The first-order chi connectivity index (χ1) is 10.1. The zero-order valence-corrected chi connectivity index (χ0v) is 11.1. The van der Waals surface area contributed by atoms with E-state index in [0.29, 0.717) is 11.3 Å². The van der Waals surface area contributed by atoms with Crippen LogP contribution in [0.2, 0.25) is 0 Å². The smallest absolute Gasteiger partial charge is 0.343 e. The third-order valence-electron chi connectivity index (χ3n) is 2.48. The molecule has 2 aromatic rings. The molecule has 2 aromatic carbocycles. The minimum atomic E-state index is -0.405. The Labute approximate surface area is 121 Å². The van der Waals surface area contributed by atoms with E-state index in [9.17, 15) is 4.79 Å². The normalized spacial score (nSPS) is 10.3. The monoisotopic (exact) mass is 282 g/mol. The first kappa shape index (κ1) is 14.3. The SMILES string of the molecule is NC(N)=N/N=C/c1ccc(OC(=O)c2ccccc2)cc1. The molecule has 0 amide bonds. The van der Waals surface area contributed by atoms with Crippen LogP contribution in [-0.4, -0.2) is 18.1 Å². The van der Waals surface area contributed by atoms with Gasteiger partial charge < -0.3 is 16.2 Å². The fourth-order valence-electron chi connectivity index (χ4n) is 1.52. The van der Waals surface area contributed by atoms with E-state index in [-0.39, 0.29) is 5.96 Å². The first-order valence-corrected chi connectivity index (χ1v) is 6.14. The van der Waals surface area contributed by atoms with Gasteiger partial charge in [0, 0.05) is 0 Å². The first-order valence-electron chi connectivity index (χ1n) is 6.14. The van der Waals surface area contributed by atoms with Crippen LogP contribution in [0.15, 0.2) is 64.8 Å². The third kappa shape index (κ3) is 4.46. The Morgan fingerprint density at radius 1 is 1.00 bits per heavy atom. The molecule has 0 fully saturated rings. The molecule has 0 aliphatic heterocycles. The number of benzene rings is 2. The minimum absolute atomic E-state index is 0.111. The highest BCUT2D eigenvalue weighted by Crippen LogP contribution is 2.13. The van der Waals surface area contributed by atoms with Crippen LogP contribution in [0.5, 0.6) is 5.75 Å². The van der Waals surface area contributed by atoms with Gasteiger partial charge in [-0.15, -0.1) is 5.10 Å². The third-order valence-corrected chi connectivity index (χ3v) is 2.48. The molecule has 0 aliphatic rings. The zero-order valence-electron chi connectivity index (χ0n) is 11.1. The number of esters is 1. The van der Waals surface area contributed by atoms with E-state index in [1.165, 1.54) is 6.21 Å². The van der Waals surface area contributed by atoms with Crippen LogP contribution in [0.4, 0.5) is 0 Å². The summed E-state index contributed by atoms with van der Waals surface area (Å²) in [7, 11) is 0. The standard InChI is InChI=1S/C15H14N4O2/c16-15(17)19-18-10-11-6-8-13(9-7-11)21-14(20)12-4-2-1-3-5-12/h1-10H,(H4,16,17,19)/b18-10+. The van der Waals surface area contributed by atoms with Crippen LogP contribution in [-0.2, 0) is 0 Å². The lowest BCUT2D eigenvalue weighted by Gasteiger charge is -2.04.